The van der Waals surface area contributed by atoms with Crippen molar-refractivity contribution in [1.29, 1.82) is 0 Å². The molecule has 2 N–H and O–H groups in total. The zero-order valence-electron chi connectivity index (χ0n) is 13.8. The number of primary amides is 1. The van der Waals surface area contributed by atoms with Crippen LogP contribution in [0.2, 0.25) is 0 Å². The maximum Gasteiger partial charge on any atom is 0.273 e. The van der Waals surface area contributed by atoms with Crippen molar-refractivity contribution in [2.24, 2.45) is 11.7 Å². The Morgan fingerprint density at radius 3 is 2.71 bits per heavy atom. The van der Waals surface area contributed by atoms with Gasteiger partial charge in [-0.25, -0.2) is 4.98 Å². The zero-order chi connectivity index (χ0) is 17.3. The smallest absolute Gasteiger partial charge is 0.273 e. The first-order valence-corrected chi connectivity index (χ1v) is 9.87. The van der Waals surface area contributed by atoms with E-state index in [0.29, 0.717) is 22.0 Å². The lowest BCUT2D eigenvalue weighted by atomic mass is 10.00. The van der Waals surface area contributed by atoms with Crippen LogP contribution in [0.15, 0.2) is 9.95 Å². The molecule has 3 heterocycles. The molecule has 0 atom stereocenters. The van der Waals surface area contributed by atoms with E-state index in [1.165, 1.54) is 23.1 Å². The fourth-order valence-corrected chi connectivity index (χ4v) is 4.53. The molecule has 0 bridgehead atoms. The Labute approximate surface area is 148 Å². The summed E-state index contributed by atoms with van der Waals surface area (Å²) in [6, 6.07) is 0. The van der Waals surface area contributed by atoms with Crippen LogP contribution in [0.3, 0.4) is 0 Å². The van der Waals surface area contributed by atoms with Gasteiger partial charge in [0.15, 0.2) is 15.9 Å². The number of carbonyl (C=O) groups excluding carboxylic acids is 1. The van der Waals surface area contributed by atoms with Gasteiger partial charge >= 0.3 is 0 Å². The van der Waals surface area contributed by atoms with Crippen LogP contribution in [0.5, 0.6) is 0 Å². The second-order valence-electron chi connectivity index (χ2n) is 6.02. The van der Waals surface area contributed by atoms with Crippen LogP contribution in [0.4, 0.5) is 5.13 Å². The number of anilines is 1. The highest BCUT2D eigenvalue weighted by Gasteiger charge is 2.21. The van der Waals surface area contributed by atoms with Crippen LogP contribution in [0.25, 0.3) is 10.3 Å². The minimum atomic E-state index is -0.432. The summed E-state index contributed by atoms with van der Waals surface area (Å²) in [6.45, 7) is 6.58. The van der Waals surface area contributed by atoms with E-state index in [9.17, 15) is 9.59 Å². The van der Waals surface area contributed by atoms with Crippen LogP contribution in [0.1, 0.15) is 26.7 Å². The highest BCUT2D eigenvalue weighted by molar-refractivity contribution is 7.99. The SMILES string of the molecule is CCn1c(SCC(N)=O)nc2nc(N3CCC(C)CC3)sc2c1=O. The summed E-state index contributed by atoms with van der Waals surface area (Å²) in [7, 11) is 0. The van der Waals surface area contributed by atoms with E-state index in [1.807, 2.05) is 6.92 Å². The standard InChI is InChI=1S/C15H21N5O2S2/c1-3-20-13(22)11-12(18-15(20)23-8-10(16)21)17-14(24-11)19-6-4-9(2)5-7-19/h9H,3-8H2,1-2H3,(H2,16,21). The minimum Gasteiger partial charge on any atom is -0.369 e. The molecule has 1 aliphatic heterocycles. The van der Waals surface area contributed by atoms with Gasteiger partial charge in [-0.05, 0) is 25.7 Å². The molecule has 1 saturated heterocycles. The van der Waals surface area contributed by atoms with Crippen LogP contribution >= 0.6 is 23.1 Å². The molecule has 24 heavy (non-hydrogen) atoms. The van der Waals surface area contributed by atoms with Crippen molar-refractivity contribution in [2.75, 3.05) is 23.7 Å². The van der Waals surface area contributed by atoms with Gasteiger partial charge in [-0.1, -0.05) is 30.0 Å². The van der Waals surface area contributed by atoms with E-state index in [2.05, 4.69) is 21.8 Å². The molecule has 0 aliphatic carbocycles. The summed E-state index contributed by atoms with van der Waals surface area (Å²) in [5.41, 5.74) is 5.57. The third-order valence-corrected chi connectivity index (χ3v) is 6.28. The van der Waals surface area contributed by atoms with Crippen LogP contribution in [-0.4, -0.2) is 39.3 Å². The Morgan fingerprint density at radius 1 is 1.38 bits per heavy atom. The monoisotopic (exact) mass is 367 g/mol. The van der Waals surface area contributed by atoms with E-state index in [-0.39, 0.29) is 11.3 Å². The summed E-state index contributed by atoms with van der Waals surface area (Å²) in [5.74, 6) is 0.403. The van der Waals surface area contributed by atoms with Crippen LogP contribution in [0, 0.1) is 5.92 Å². The van der Waals surface area contributed by atoms with Gasteiger partial charge in [0.05, 0.1) is 5.75 Å². The maximum absolute atomic E-state index is 12.7. The van der Waals surface area contributed by atoms with Crippen molar-refractivity contribution in [3.63, 3.8) is 0 Å². The molecule has 2 aromatic heterocycles. The molecule has 0 unspecified atom stereocenters. The van der Waals surface area contributed by atoms with Crippen molar-refractivity contribution >= 4 is 44.5 Å². The first-order chi connectivity index (χ1) is 11.5. The second-order valence-corrected chi connectivity index (χ2v) is 7.94. The van der Waals surface area contributed by atoms with Crippen molar-refractivity contribution < 1.29 is 4.79 Å². The van der Waals surface area contributed by atoms with Gasteiger partial charge < -0.3 is 10.6 Å². The van der Waals surface area contributed by atoms with Crippen LogP contribution in [-0.2, 0) is 11.3 Å². The lowest BCUT2D eigenvalue weighted by Gasteiger charge is -2.29. The number of nitrogens with zero attached hydrogens (tertiary/aromatic N) is 4. The van der Waals surface area contributed by atoms with Gasteiger partial charge in [0, 0.05) is 19.6 Å². The molecule has 1 aliphatic rings. The number of piperidine rings is 1. The Bertz CT molecular complexity index is 808. The predicted octanol–water partition coefficient (Wildman–Crippen LogP) is 1.69. The molecule has 9 heteroatoms. The predicted molar refractivity (Wildman–Crippen MR) is 97.9 cm³/mol. The minimum absolute atomic E-state index is 0.0939. The van der Waals surface area contributed by atoms with Crippen molar-refractivity contribution in [2.45, 2.75) is 38.4 Å². The summed E-state index contributed by atoms with van der Waals surface area (Å²) in [5, 5.41) is 1.36. The first kappa shape index (κ1) is 17.2. The number of amides is 1. The molecule has 1 amide bonds. The summed E-state index contributed by atoms with van der Waals surface area (Å²) in [6.07, 6.45) is 2.28. The Hall–Kier alpha value is -1.61. The molecule has 130 valence electrons. The van der Waals surface area contributed by atoms with E-state index >= 15 is 0 Å². The lowest BCUT2D eigenvalue weighted by molar-refractivity contribution is -0.115. The molecule has 0 radical (unpaired) electrons. The quantitative estimate of drug-likeness (QED) is 0.638. The van der Waals surface area contributed by atoms with Gasteiger partial charge in [-0.2, -0.15) is 4.98 Å². The highest BCUT2D eigenvalue weighted by Crippen LogP contribution is 2.30. The Kier molecular flexibility index (Phi) is 5.09. The zero-order valence-corrected chi connectivity index (χ0v) is 15.5. The van der Waals surface area contributed by atoms with Gasteiger partial charge in [-0.15, -0.1) is 0 Å². The van der Waals surface area contributed by atoms with Gasteiger partial charge in [0.1, 0.15) is 4.70 Å². The van der Waals surface area contributed by atoms with E-state index in [0.717, 1.165) is 37.0 Å². The number of aromatic nitrogens is 3. The van der Waals surface area contributed by atoms with Gasteiger partial charge in [-0.3, -0.25) is 14.2 Å². The Morgan fingerprint density at radius 2 is 2.08 bits per heavy atom. The number of carbonyl (C=O) groups is 1. The summed E-state index contributed by atoms with van der Waals surface area (Å²) in [4.78, 5) is 35.1. The molecule has 1 fully saturated rings. The maximum atomic E-state index is 12.7. The van der Waals surface area contributed by atoms with Gasteiger partial charge in [0.2, 0.25) is 5.91 Å². The highest BCUT2D eigenvalue weighted by atomic mass is 32.2. The molecule has 0 aromatic carbocycles. The third kappa shape index (κ3) is 3.41. The molecule has 3 rings (SSSR count). The third-order valence-electron chi connectivity index (χ3n) is 4.18. The van der Waals surface area contributed by atoms with Crippen LogP contribution < -0.4 is 16.2 Å². The fourth-order valence-electron chi connectivity index (χ4n) is 2.74. The number of thioether (sulfide) groups is 1. The summed E-state index contributed by atoms with van der Waals surface area (Å²) >= 11 is 2.59. The number of thiazole rings is 1. The second kappa shape index (κ2) is 7.10. The number of fused-ring (bicyclic) bond motifs is 1. The molecule has 2 aromatic rings. The van der Waals surface area contributed by atoms with E-state index in [4.69, 9.17) is 5.73 Å². The number of nitrogens with two attached hydrogens (primary N) is 1. The normalized spacial score (nSPS) is 16.0. The number of hydrogen-bond acceptors (Lipinski definition) is 7. The average Bonchev–Trinajstić information content (AvgIpc) is 2.98. The van der Waals surface area contributed by atoms with E-state index < -0.39 is 5.91 Å². The molecular formula is C15H21N5O2S2. The molecule has 0 saturated carbocycles. The molecule has 7 nitrogen and oxygen atoms in total. The average molecular weight is 368 g/mol. The lowest BCUT2D eigenvalue weighted by Crippen LogP contribution is -2.32. The topological polar surface area (TPSA) is 94.1 Å². The molecule has 0 spiro atoms. The summed E-state index contributed by atoms with van der Waals surface area (Å²) < 4.78 is 2.16. The first-order valence-electron chi connectivity index (χ1n) is 8.07. The van der Waals surface area contributed by atoms with Crippen molar-refractivity contribution in [1.82, 2.24) is 14.5 Å². The largest absolute Gasteiger partial charge is 0.369 e. The fraction of sp³-hybridized carbons (Fsp3) is 0.600. The molecular weight excluding hydrogens is 346 g/mol. The van der Waals surface area contributed by atoms with Crippen molar-refractivity contribution in [3.05, 3.63) is 10.4 Å². The number of hydrogen-bond donors (Lipinski definition) is 1. The number of rotatable bonds is 5. The van der Waals surface area contributed by atoms with E-state index in [1.54, 1.807) is 4.57 Å². The van der Waals surface area contributed by atoms with Crippen molar-refractivity contribution in [3.8, 4) is 0 Å². The van der Waals surface area contributed by atoms with Gasteiger partial charge in [0.25, 0.3) is 5.56 Å². The Balaban J connectivity index is 1.97.